The van der Waals surface area contributed by atoms with E-state index in [-0.39, 0.29) is 5.75 Å². The third-order valence-corrected chi connectivity index (χ3v) is 5.10. The number of aromatic hydroxyl groups is 1. The Kier molecular flexibility index (Phi) is 6.98. The van der Waals surface area contributed by atoms with Crippen LogP contribution in [0, 0.1) is 0 Å². The zero-order valence-electron chi connectivity index (χ0n) is 14.7. The Labute approximate surface area is 177 Å². The smallest absolute Gasteiger partial charge is 0.180 e. The average Bonchev–Trinajstić information content (AvgIpc) is 2.67. The molecule has 0 bridgehead atoms. The van der Waals surface area contributed by atoms with Gasteiger partial charge in [0.2, 0.25) is 0 Å². The van der Waals surface area contributed by atoms with Crippen LogP contribution in [0.1, 0.15) is 11.1 Å². The van der Waals surface area contributed by atoms with Crippen LogP contribution < -0.4 is 5.73 Å². The Hall–Kier alpha value is -2.47. The largest absolute Gasteiger partial charge is 0.507 e. The van der Waals surface area contributed by atoms with Gasteiger partial charge in [-0.15, -0.1) is 5.10 Å². The second kappa shape index (κ2) is 9.64. The van der Waals surface area contributed by atoms with Crippen molar-refractivity contribution in [1.29, 1.82) is 0 Å². The van der Waals surface area contributed by atoms with E-state index in [0.717, 1.165) is 16.7 Å². The molecule has 0 spiro atoms. The topological polar surface area (TPSA) is 71.0 Å². The van der Waals surface area contributed by atoms with Gasteiger partial charge in [-0.1, -0.05) is 71.4 Å². The second-order valence-electron chi connectivity index (χ2n) is 5.89. The van der Waals surface area contributed by atoms with Crippen molar-refractivity contribution in [2.75, 3.05) is 0 Å². The number of halogens is 2. The minimum absolute atomic E-state index is 0.0723. The summed E-state index contributed by atoms with van der Waals surface area (Å²) in [6.07, 6.45) is 1.46. The van der Waals surface area contributed by atoms with E-state index in [0.29, 0.717) is 26.5 Å². The van der Waals surface area contributed by atoms with Crippen LogP contribution in [-0.2, 0) is 5.75 Å². The van der Waals surface area contributed by atoms with E-state index in [9.17, 15) is 5.11 Å². The Morgan fingerprint density at radius 2 is 1.68 bits per heavy atom. The van der Waals surface area contributed by atoms with Crippen LogP contribution in [0.3, 0.4) is 0 Å². The summed E-state index contributed by atoms with van der Waals surface area (Å²) in [7, 11) is 0. The molecule has 0 aliphatic heterocycles. The van der Waals surface area contributed by atoms with Gasteiger partial charge in [0.15, 0.2) is 5.17 Å². The molecule has 0 aliphatic carbocycles. The first kappa shape index (κ1) is 20.3. The molecule has 0 unspecified atom stereocenters. The second-order valence-corrected chi connectivity index (χ2v) is 7.76. The summed E-state index contributed by atoms with van der Waals surface area (Å²) in [6, 6.07) is 20.4. The lowest BCUT2D eigenvalue weighted by Gasteiger charge is -2.06. The Bertz CT molecular complexity index is 1000. The Balaban J connectivity index is 1.67. The van der Waals surface area contributed by atoms with Gasteiger partial charge in [0, 0.05) is 21.4 Å². The number of amidine groups is 1. The zero-order chi connectivity index (χ0) is 19.9. The number of hydrogen-bond acceptors (Lipinski definition) is 4. The third-order valence-electron chi connectivity index (χ3n) is 3.81. The minimum atomic E-state index is 0.0723. The van der Waals surface area contributed by atoms with Crippen LogP contribution >= 0.6 is 35.0 Å². The van der Waals surface area contributed by atoms with Gasteiger partial charge in [0.25, 0.3) is 0 Å². The number of thioether (sulfide) groups is 1. The van der Waals surface area contributed by atoms with Crippen molar-refractivity contribution in [3.63, 3.8) is 0 Å². The summed E-state index contributed by atoms with van der Waals surface area (Å²) in [6.45, 7) is 0. The molecule has 4 nitrogen and oxygen atoms in total. The summed E-state index contributed by atoms with van der Waals surface area (Å²) >= 11 is 13.5. The highest BCUT2D eigenvalue weighted by Gasteiger charge is 2.05. The van der Waals surface area contributed by atoms with Gasteiger partial charge >= 0.3 is 0 Å². The van der Waals surface area contributed by atoms with E-state index in [4.69, 9.17) is 28.9 Å². The van der Waals surface area contributed by atoms with Crippen LogP contribution in [0.2, 0.25) is 10.0 Å². The number of hydrogen-bond donors (Lipinski definition) is 2. The highest BCUT2D eigenvalue weighted by atomic mass is 35.5. The predicted molar refractivity (Wildman–Crippen MR) is 121 cm³/mol. The Morgan fingerprint density at radius 1 is 0.964 bits per heavy atom. The maximum Gasteiger partial charge on any atom is 0.180 e. The van der Waals surface area contributed by atoms with Gasteiger partial charge in [0.05, 0.1) is 6.21 Å². The number of benzene rings is 3. The lowest BCUT2D eigenvalue weighted by molar-refractivity contribution is 0.474. The van der Waals surface area contributed by atoms with Gasteiger partial charge in [0.1, 0.15) is 5.75 Å². The van der Waals surface area contributed by atoms with Crippen molar-refractivity contribution < 1.29 is 5.11 Å². The lowest BCUT2D eigenvalue weighted by Crippen LogP contribution is -2.06. The summed E-state index contributed by atoms with van der Waals surface area (Å²) in [4.78, 5) is 0. The fraction of sp³-hybridized carbons (Fsp3) is 0.0476. The van der Waals surface area contributed by atoms with Crippen LogP contribution in [0.4, 0.5) is 0 Å². The molecule has 3 aromatic carbocycles. The number of nitrogens with two attached hydrogens (primary N) is 1. The number of nitrogens with zero attached hydrogens (tertiary/aromatic N) is 2. The maximum absolute atomic E-state index is 10.3. The van der Waals surface area contributed by atoms with Gasteiger partial charge < -0.3 is 10.8 Å². The zero-order valence-corrected chi connectivity index (χ0v) is 17.0. The summed E-state index contributed by atoms with van der Waals surface area (Å²) in [5, 5.41) is 19.6. The SMILES string of the molecule is NC(=NN=Cc1ccc(-c2cc(Cl)cc(Cl)c2)cc1O)SCc1ccccc1. The molecule has 142 valence electrons. The predicted octanol–water partition coefficient (Wildman–Crippen LogP) is 5.95. The summed E-state index contributed by atoms with van der Waals surface area (Å²) < 4.78 is 0. The van der Waals surface area contributed by atoms with E-state index in [1.54, 1.807) is 30.3 Å². The third kappa shape index (κ3) is 5.76. The fourth-order valence-corrected chi connectivity index (χ4v) is 3.60. The molecule has 0 aliphatic rings. The summed E-state index contributed by atoms with van der Waals surface area (Å²) in [5.74, 6) is 0.788. The maximum atomic E-state index is 10.3. The fourth-order valence-electron chi connectivity index (χ4n) is 2.46. The first-order valence-corrected chi connectivity index (χ1v) is 10.1. The molecule has 0 fully saturated rings. The lowest BCUT2D eigenvalue weighted by atomic mass is 10.0. The molecule has 3 N–H and O–H groups in total. The molecule has 3 aromatic rings. The van der Waals surface area contributed by atoms with E-state index in [1.165, 1.54) is 18.0 Å². The van der Waals surface area contributed by atoms with Crippen molar-refractivity contribution in [3.05, 3.63) is 87.9 Å². The van der Waals surface area contributed by atoms with Crippen LogP contribution in [0.5, 0.6) is 5.75 Å². The van der Waals surface area contributed by atoms with Crippen LogP contribution in [-0.4, -0.2) is 16.5 Å². The quantitative estimate of drug-likeness (QED) is 0.299. The molecule has 0 radical (unpaired) electrons. The number of rotatable bonds is 5. The monoisotopic (exact) mass is 429 g/mol. The van der Waals surface area contributed by atoms with Crippen molar-refractivity contribution in [3.8, 4) is 16.9 Å². The van der Waals surface area contributed by atoms with E-state index >= 15 is 0 Å². The standard InChI is InChI=1S/C21H17Cl2N3OS/c22-18-8-17(9-19(23)11-18)15-6-7-16(20(27)10-15)12-25-26-21(24)28-13-14-4-2-1-3-5-14/h1-12,27H,13H2,(H2,24,26). The molecule has 0 aromatic heterocycles. The average molecular weight is 430 g/mol. The normalized spacial score (nSPS) is 11.9. The van der Waals surface area contributed by atoms with Crippen LogP contribution in [0.15, 0.2) is 76.9 Å². The molecule has 0 saturated heterocycles. The van der Waals surface area contributed by atoms with E-state index < -0.39 is 0 Å². The van der Waals surface area contributed by atoms with Crippen molar-refractivity contribution in [2.24, 2.45) is 15.9 Å². The van der Waals surface area contributed by atoms with Gasteiger partial charge in [-0.3, -0.25) is 0 Å². The first-order valence-electron chi connectivity index (χ1n) is 8.34. The van der Waals surface area contributed by atoms with Crippen molar-refractivity contribution in [1.82, 2.24) is 0 Å². The van der Waals surface area contributed by atoms with Gasteiger partial charge in [-0.05, 0) is 47.0 Å². The molecule has 0 atom stereocenters. The molecule has 7 heteroatoms. The van der Waals surface area contributed by atoms with E-state index in [1.807, 2.05) is 36.4 Å². The number of phenols is 1. The highest BCUT2D eigenvalue weighted by Crippen LogP contribution is 2.30. The molecular weight excluding hydrogens is 413 g/mol. The van der Waals surface area contributed by atoms with Gasteiger partial charge in [-0.25, -0.2) is 0 Å². The van der Waals surface area contributed by atoms with Crippen molar-refractivity contribution in [2.45, 2.75) is 5.75 Å². The Morgan fingerprint density at radius 3 is 2.36 bits per heavy atom. The molecule has 0 amide bonds. The van der Waals surface area contributed by atoms with E-state index in [2.05, 4.69) is 10.2 Å². The molecule has 28 heavy (non-hydrogen) atoms. The molecule has 3 rings (SSSR count). The minimum Gasteiger partial charge on any atom is -0.507 e. The highest BCUT2D eigenvalue weighted by molar-refractivity contribution is 8.13. The molecule has 0 saturated carbocycles. The number of phenolic OH excluding ortho intramolecular Hbond substituents is 1. The molecule has 0 heterocycles. The van der Waals surface area contributed by atoms with Gasteiger partial charge in [-0.2, -0.15) is 5.10 Å². The first-order chi connectivity index (χ1) is 13.5. The van der Waals surface area contributed by atoms with Crippen LogP contribution in [0.25, 0.3) is 11.1 Å². The molecular formula is C21H17Cl2N3OS. The van der Waals surface area contributed by atoms with Crippen molar-refractivity contribution >= 4 is 46.3 Å². The summed E-state index contributed by atoms with van der Waals surface area (Å²) in [5.41, 5.74) is 9.16.